The number of phenols is 1. The second-order valence-electron chi connectivity index (χ2n) is 10.0. The normalized spacial score (nSPS) is 12.1. The number of aromatic nitrogens is 2. The quantitative estimate of drug-likeness (QED) is 0.124. The third-order valence-corrected chi connectivity index (χ3v) is 6.79. The Labute approximate surface area is 244 Å². The molecule has 222 valence electrons. The summed E-state index contributed by atoms with van der Waals surface area (Å²) in [5.74, 6) is -2.42. The molecule has 0 aliphatic heterocycles. The van der Waals surface area contributed by atoms with Gasteiger partial charge in [-0.25, -0.2) is 13.8 Å². The third kappa shape index (κ3) is 6.62. The van der Waals surface area contributed by atoms with Crippen molar-refractivity contribution in [3.63, 3.8) is 0 Å². The molecule has 0 radical (unpaired) electrons. The number of aliphatic imine (C=N–C) groups is 1. The molecule has 2 amide bonds. The summed E-state index contributed by atoms with van der Waals surface area (Å²) >= 11 is 0. The van der Waals surface area contributed by atoms with Gasteiger partial charge in [0, 0.05) is 37.9 Å². The van der Waals surface area contributed by atoms with E-state index in [1.807, 2.05) is 32.6 Å². The van der Waals surface area contributed by atoms with Crippen molar-refractivity contribution in [3.05, 3.63) is 77.6 Å². The molecular weight excluding hydrogens is 542 g/mol. The van der Waals surface area contributed by atoms with Gasteiger partial charge in [0.25, 0.3) is 0 Å². The summed E-state index contributed by atoms with van der Waals surface area (Å²) in [4.78, 5) is 40.6. The van der Waals surface area contributed by atoms with E-state index in [0.29, 0.717) is 48.6 Å². The molecule has 2 heterocycles. The maximum absolute atomic E-state index is 15.9. The van der Waals surface area contributed by atoms with E-state index < -0.39 is 23.1 Å². The number of hydrogen-bond donors (Lipinski definition) is 2. The molecule has 0 aliphatic carbocycles. The molecule has 0 bridgehead atoms. The lowest BCUT2D eigenvalue weighted by Crippen LogP contribution is -2.45. The molecule has 1 aromatic carbocycles. The highest BCUT2D eigenvalue weighted by Gasteiger charge is 2.30. The number of halogens is 2. The molecule has 3 aromatic rings. The van der Waals surface area contributed by atoms with Gasteiger partial charge in [0.15, 0.2) is 17.4 Å². The zero-order valence-electron chi connectivity index (χ0n) is 24.4. The van der Waals surface area contributed by atoms with Gasteiger partial charge in [0.2, 0.25) is 12.8 Å². The predicted octanol–water partition coefficient (Wildman–Crippen LogP) is 5.24. The van der Waals surface area contributed by atoms with Gasteiger partial charge in [-0.05, 0) is 56.0 Å². The summed E-state index contributed by atoms with van der Waals surface area (Å²) in [5, 5.41) is 12.6. The number of carbonyl (C=O) groups is 2. The van der Waals surface area contributed by atoms with Crippen LogP contribution in [0.1, 0.15) is 49.9 Å². The van der Waals surface area contributed by atoms with Crippen LogP contribution in [-0.4, -0.2) is 64.8 Å². The Kier molecular flexibility index (Phi) is 10.8. The first-order valence-corrected chi connectivity index (χ1v) is 13.5. The van der Waals surface area contributed by atoms with Gasteiger partial charge in [-0.3, -0.25) is 24.5 Å². The molecule has 3 rings (SSSR count). The Hall–Kier alpha value is -4.67. The summed E-state index contributed by atoms with van der Waals surface area (Å²) < 4.78 is 31.0. The van der Waals surface area contributed by atoms with Crippen molar-refractivity contribution in [2.45, 2.75) is 46.1 Å². The molecule has 1 atom stereocenters. The van der Waals surface area contributed by atoms with Crippen molar-refractivity contribution >= 4 is 30.2 Å². The molecule has 0 saturated heterocycles. The van der Waals surface area contributed by atoms with E-state index in [0.717, 1.165) is 12.1 Å². The van der Waals surface area contributed by atoms with E-state index in [1.165, 1.54) is 24.1 Å². The lowest BCUT2D eigenvalue weighted by atomic mass is 10.0. The van der Waals surface area contributed by atoms with Crippen LogP contribution >= 0.6 is 0 Å². The van der Waals surface area contributed by atoms with Gasteiger partial charge in [-0.1, -0.05) is 26.0 Å². The number of benzene rings is 1. The zero-order chi connectivity index (χ0) is 31.0. The number of aryl methyl sites for hydroxylation is 1. The minimum Gasteiger partial charge on any atom is -0.505 e. The summed E-state index contributed by atoms with van der Waals surface area (Å²) in [6.45, 7) is 12.0. The van der Waals surface area contributed by atoms with Crippen LogP contribution in [0.2, 0.25) is 0 Å². The molecule has 2 aromatic heterocycles. The third-order valence-electron chi connectivity index (χ3n) is 6.79. The van der Waals surface area contributed by atoms with Gasteiger partial charge in [-0.15, -0.1) is 6.58 Å². The van der Waals surface area contributed by atoms with Crippen LogP contribution in [0.5, 0.6) is 5.75 Å². The fourth-order valence-corrected chi connectivity index (χ4v) is 4.73. The number of pyridine rings is 2. The predicted molar refractivity (Wildman–Crippen MR) is 160 cm³/mol. The molecule has 42 heavy (non-hydrogen) atoms. The van der Waals surface area contributed by atoms with Crippen LogP contribution in [-0.2, 0) is 9.59 Å². The van der Waals surface area contributed by atoms with Crippen molar-refractivity contribution < 1.29 is 23.5 Å². The SMILES string of the molecule is C=CCCN(/C(=N/C)c1cc(F)c(-c2cccc(O)c2F)nc1N(C=O)c1c(C)ccnc1C(C)C)C(C)CNC=O. The largest absolute Gasteiger partial charge is 0.505 e. The number of amides is 2. The number of nitrogens with zero attached hydrogens (tertiary/aromatic N) is 5. The molecule has 0 spiro atoms. The fourth-order valence-electron chi connectivity index (χ4n) is 4.73. The van der Waals surface area contributed by atoms with E-state index in [1.54, 1.807) is 18.3 Å². The maximum Gasteiger partial charge on any atom is 0.219 e. The second-order valence-corrected chi connectivity index (χ2v) is 10.0. The highest BCUT2D eigenvalue weighted by atomic mass is 19.1. The lowest BCUT2D eigenvalue weighted by Gasteiger charge is -2.34. The van der Waals surface area contributed by atoms with E-state index in [2.05, 4.69) is 26.9 Å². The molecule has 1 unspecified atom stereocenters. The van der Waals surface area contributed by atoms with Gasteiger partial charge >= 0.3 is 0 Å². The highest BCUT2D eigenvalue weighted by molar-refractivity contribution is 6.06. The highest BCUT2D eigenvalue weighted by Crippen LogP contribution is 2.38. The summed E-state index contributed by atoms with van der Waals surface area (Å²) in [7, 11) is 1.53. The number of hydrogen-bond acceptors (Lipinski definition) is 6. The Morgan fingerprint density at radius 2 is 1.95 bits per heavy atom. The van der Waals surface area contributed by atoms with Gasteiger partial charge < -0.3 is 15.3 Å². The molecule has 2 N–H and O–H groups in total. The van der Waals surface area contributed by atoms with Crippen molar-refractivity contribution in [3.8, 4) is 17.0 Å². The van der Waals surface area contributed by atoms with Crippen LogP contribution in [0.3, 0.4) is 0 Å². The van der Waals surface area contributed by atoms with E-state index in [-0.39, 0.29) is 35.4 Å². The first-order chi connectivity index (χ1) is 20.1. The van der Waals surface area contributed by atoms with Crippen LogP contribution in [0.15, 0.2) is 54.2 Å². The number of amidine groups is 1. The number of rotatable bonds is 13. The summed E-state index contributed by atoms with van der Waals surface area (Å²) in [6.07, 6.45) is 5.05. The number of phenolic OH excluding ortho intramolecular Hbond substituents is 1. The number of nitrogens with one attached hydrogen (secondary N) is 1. The smallest absolute Gasteiger partial charge is 0.219 e. The molecule has 11 heteroatoms. The Balaban J connectivity index is 2.41. The second kappa shape index (κ2) is 14.3. The Bertz CT molecular complexity index is 1480. The van der Waals surface area contributed by atoms with Crippen LogP contribution < -0.4 is 10.2 Å². The number of aromatic hydroxyl groups is 1. The molecule has 0 aliphatic rings. The Morgan fingerprint density at radius 1 is 1.21 bits per heavy atom. The van der Waals surface area contributed by atoms with Crippen molar-refractivity contribution in [2.24, 2.45) is 4.99 Å². The van der Waals surface area contributed by atoms with Crippen molar-refractivity contribution in [1.82, 2.24) is 20.2 Å². The summed E-state index contributed by atoms with van der Waals surface area (Å²) in [5.41, 5.74) is 1.25. The molecular formula is C31H36F2N6O3. The minimum atomic E-state index is -1.05. The first kappa shape index (κ1) is 31.9. The van der Waals surface area contributed by atoms with Gasteiger partial charge in [0.05, 0.1) is 16.9 Å². The van der Waals surface area contributed by atoms with E-state index in [4.69, 9.17) is 0 Å². The maximum atomic E-state index is 15.9. The summed E-state index contributed by atoms with van der Waals surface area (Å²) in [6, 6.07) is 6.41. The van der Waals surface area contributed by atoms with Crippen LogP contribution in [0.4, 0.5) is 20.3 Å². The molecule has 9 nitrogen and oxygen atoms in total. The topological polar surface area (TPSA) is 111 Å². The monoisotopic (exact) mass is 578 g/mol. The Morgan fingerprint density at radius 3 is 2.57 bits per heavy atom. The zero-order valence-corrected chi connectivity index (χ0v) is 24.4. The average molecular weight is 579 g/mol. The number of anilines is 2. The molecule has 0 saturated carbocycles. The fraction of sp³-hybridized carbons (Fsp3) is 0.323. The van der Waals surface area contributed by atoms with Gasteiger partial charge in [-0.2, -0.15) is 0 Å². The minimum absolute atomic E-state index is 0.0121. The first-order valence-electron chi connectivity index (χ1n) is 13.5. The van der Waals surface area contributed by atoms with Crippen LogP contribution in [0, 0.1) is 18.6 Å². The van der Waals surface area contributed by atoms with Gasteiger partial charge in [0.1, 0.15) is 17.3 Å². The average Bonchev–Trinajstić information content (AvgIpc) is 2.97. The number of carbonyl (C=O) groups excluding carboxylic acids is 2. The van der Waals surface area contributed by atoms with Crippen molar-refractivity contribution in [1.29, 1.82) is 0 Å². The molecule has 0 fully saturated rings. The van der Waals surface area contributed by atoms with E-state index in [9.17, 15) is 14.7 Å². The van der Waals surface area contributed by atoms with Crippen molar-refractivity contribution in [2.75, 3.05) is 25.0 Å². The van der Waals surface area contributed by atoms with E-state index >= 15 is 8.78 Å². The van der Waals surface area contributed by atoms with Crippen LogP contribution in [0.25, 0.3) is 11.3 Å². The lowest BCUT2D eigenvalue weighted by molar-refractivity contribution is -0.109. The standard InChI is InChI=1S/C31H36F2N6O3/c1-7-8-14-38(21(5)16-35-17-40)30(34-6)23-15-24(32)28(22-10-9-11-25(42)26(22)33)37-31(23)39(18-41)29-20(4)12-13-36-27(29)19(2)3/h7,9-13,15,17-19,21,42H,1,8,14,16H2,2-6H3,(H,35,40)/b34-30+.